The van der Waals surface area contributed by atoms with Gasteiger partial charge in [0.05, 0.1) is 11.3 Å². The molecule has 0 aromatic heterocycles. The number of anilines is 1. The number of hydrogen-bond donors (Lipinski definition) is 1. The smallest absolute Gasteiger partial charge is 0.307 e. The summed E-state index contributed by atoms with van der Waals surface area (Å²) in [6.07, 6.45) is 0.0651. The summed E-state index contributed by atoms with van der Waals surface area (Å²) in [7, 11) is 0. The van der Waals surface area contributed by atoms with Gasteiger partial charge in [0, 0.05) is 18.2 Å². The van der Waals surface area contributed by atoms with E-state index in [4.69, 9.17) is 4.74 Å². The number of carbonyl (C=O) groups excluding carboxylic acids is 2. The number of hydrogen-bond acceptors (Lipinski definition) is 6. The number of nitro benzene ring substituents is 1. The van der Waals surface area contributed by atoms with Gasteiger partial charge in [-0.25, -0.2) is 0 Å². The Kier molecular flexibility index (Phi) is 6.87. The number of ether oxygens (including phenoxy) is 1. The number of carbonyl (C=O) groups is 2. The number of ketones is 1. The standard InChI is InChI=1S/C21H24N2O5/c1-13-11-14(2)21(16(4)24)15(3)17(13)12-28-20(25)9-10-22-18-7-5-6-8-19(18)23(26)27/h5-8,11,22H,9-10,12H2,1-4H3. The molecular weight excluding hydrogens is 360 g/mol. The van der Waals surface area contributed by atoms with Crippen LogP contribution in [-0.2, 0) is 16.1 Å². The third kappa shape index (κ3) is 4.94. The highest BCUT2D eigenvalue weighted by atomic mass is 16.6. The van der Waals surface area contributed by atoms with Gasteiger partial charge < -0.3 is 10.1 Å². The van der Waals surface area contributed by atoms with E-state index in [1.165, 1.54) is 13.0 Å². The van der Waals surface area contributed by atoms with Gasteiger partial charge in [-0.15, -0.1) is 0 Å². The first-order chi connectivity index (χ1) is 13.2. The Morgan fingerprint density at radius 1 is 1.14 bits per heavy atom. The number of nitrogens with zero attached hydrogens (tertiary/aromatic N) is 1. The van der Waals surface area contributed by atoms with E-state index in [0.29, 0.717) is 11.3 Å². The van der Waals surface area contributed by atoms with Gasteiger partial charge in [0.1, 0.15) is 12.3 Å². The van der Waals surface area contributed by atoms with Crippen molar-refractivity contribution >= 4 is 23.1 Å². The van der Waals surface area contributed by atoms with Crippen LogP contribution in [0.4, 0.5) is 11.4 Å². The molecule has 0 bridgehead atoms. The summed E-state index contributed by atoms with van der Waals surface area (Å²) in [6, 6.07) is 8.17. The van der Waals surface area contributed by atoms with Crippen LogP contribution in [0.3, 0.4) is 0 Å². The van der Waals surface area contributed by atoms with E-state index < -0.39 is 10.9 Å². The van der Waals surface area contributed by atoms with Crippen LogP contribution in [0.2, 0.25) is 0 Å². The van der Waals surface area contributed by atoms with Crippen molar-refractivity contribution < 1.29 is 19.2 Å². The van der Waals surface area contributed by atoms with Crippen LogP contribution in [-0.4, -0.2) is 23.2 Å². The summed E-state index contributed by atoms with van der Waals surface area (Å²) in [6.45, 7) is 7.49. The average molecular weight is 384 g/mol. The van der Waals surface area contributed by atoms with Crippen LogP contribution >= 0.6 is 0 Å². The number of esters is 1. The fourth-order valence-electron chi connectivity index (χ4n) is 3.30. The molecule has 2 aromatic rings. The number of aryl methyl sites for hydroxylation is 2. The van der Waals surface area contributed by atoms with Crippen LogP contribution < -0.4 is 5.32 Å². The SMILES string of the molecule is CC(=O)c1c(C)cc(C)c(COC(=O)CCNc2ccccc2[N+](=O)[O-])c1C. The van der Waals surface area contributed by atoms with Crippen LogP contribution in [0.15, 0.2) is 30.3 Å². The summed E-state index contributed by atoms with van der Waals surface area (Å²) in [5.74, 6) is -0.439. The fraction of sp³-hybridized carbons (Fsp3) is 0.333. The summed E-state index contributed by atoms with van der Waals surface area (Å²) in [5, 5.41) is 13.9. The molecule has 1 N–H and O–H groups in total. The zero-order valence-electron chi connectivity index (χ0n) is 16.5. The van der Waals surface area contributed by atoms with Crippen molar-refractivity contribution in [1.29, 1.82) is 0 Å². The van der Waals surface area contributed by atoms with Crippen molar-refractivity contribution in [2.45, 2.75) is 40.7 Å². The van der Waals surface area contributed by atoms with E-state index in [1.807, 2.05) is 26.8 Å². The maximum Gasteiger partial charge on any atom is 0.307 e. The zero-order chi connectivity index (χ0) is 20.8. The summed E-state index contributed by atoms with van der Waals surface area (Å²) in [5.41, 5.74) is 4.51. The van der Waals surface area contributed by atoms with Crippen LogP contribution in [0.1, 0.15) is 46.0 Å². The lowest BCUT2D eigenvalue weighted by atomic mass is 9.92. The molecule has 0 saturated heterocycles. The van der Waals surface area contributed by atoms with Crippen LogP contribution in [0.25, 0.3) is 0 Å². The van der Waals surface area contributed by atoms with Gasteiger partial charge in [0.2, 0.25) is 0 Å². The molecule has 0 amide bonds. The van der Waals surface area contributed by atoms with Crippen molar-refractivity contribution in [2.75, 3.05) is 11.9 Å². The summed E-state index contributed by atoms with van der Waals surface area (Å²) in [4.78, 5) is 34.5. The van der Waals surface area contributed by atoms with Crippen molar-refractivity contribution in [3.8, 4) is 0 Å². The quantitative estimate of drug-likeness (QED) is 0.316. The first-order valence-corrected chi connectivity index (χ1v) is 8.96. The van der Waals surface area contributed by atoms with Gasteiger partial charge in [0.25, 0.3) is 5.69 Å². The predicted molar refractivity (Wildman–Crippen MR) is 107 cm³/mol. The molecule has 28 heavy (non-hydrogen) atoms. The van der Waals surface area contributed by atoms with Gasteiger partial charge in [-0.1, -0.05) is 18.2 Å². The second-order valence-corrected chi connectivity index (χ2v) is 6.66. The molecule has 0 fully saturated rings. The molecule has 2 aromatic carbocycles. The zero-order valence-corrected chi connectivity index (χ0v) is 16.5. The van der Waals surface area contributed by atoms with Crippen LogP contribution in [0, 0.1) is 30.9 Å². The molecule has 0 saturated carbocycles. The van der Waals surface area contributed by atoms with Gasteiger partial charge >= 0.3 is 5.97 Å². The third-order valence-corrected chi connectivity index (χ3v) is 4.61. The molecule has 0 aliphatic rings. The van der Waals surface area contributed by atoms with E-state index >= 15 is 0 Å². The molecule has 0 heterocycles. The average Bonchev–Trinajstić information content (AvgIpc) is 2.61. The minimum absolute atomic E-state index is 0.0174. The van der Waals surface area contributed by atoms with Gasteiger partial charge in [0.15, 0.2) is 5.78 Å². The van der Waals surface area contributed by atoms with E-state index in [2.05, 4.69) is 5.32 Å². The molecule has 7 nitrogen and oxygen atoms in total. The lowest BCUT2D eigenvalue weighted by Gasteiger charge is -2.16. The first-order valence-electron chi connectivity index (χ1n) is 8.96. The molecule has 0 aliphatic carbocycles. The van der Waals surface area contributed by atoms with Crippen molar-refractivity contribution in [3.05, 3.63) is 68.3 Å². The number of nitro groups is 1. The number of Topliss-reactive ketones (excluding diaryl/α,β-unsaturated/α-hetero) is 1. The van der Waals surface area contributed by atoms with E-state index in [0.717, 1.165) is 22.3 Å². The fourth-order valence-corrected chi connectivity index (χ4v) is 3.30. The Hall–Kier alpha value is -3.22. The van der Waals surface area contributed by atoms with Gasteiger partial charge in [-0.3, -0.25) is 19.7 Å². The largest absolute Gasteiger partial charge is 0.461 e. The lowest BCUT2D eigenvalue weighted by Crippen LogP contribution is -2.14. The highest BCUT2D eigenvalue weighted by molar-refractivity contribution is 5.97. The van der Waals surface area contributed by atoms with Crippen LogP contribution in [0.5, 0.6) is 0 Å². The third-order valence-electron chi connectivity index (χ3n) is 4.61. The molecule has 7 heteroatoms. The maximum absolute atomic E-state index is 12.1. The number of para-hydroxylation sites is 2. The highest BCUT2D eigenvalue weighted by Crippen LogP contribution is 2.24. The molecule has 0 unspecified atom stereocenters. The predicted octanol–water partition coefficient (Wildman–Crippen LogP) is 4.27. The Morgan fingerprint density at radius 2 is 1.82 bits per heavy atom. The Bertz CT molecular complexity index is 921. The summed E-state index contributed by atoms with van der Waals surface area (Å²) >= 11 is 0. The van der Waals surface area contributed by atoms with E-state index in [1.54, 1.807) is 18.2 Å². The van der Waals surface area contributed by atoms with Crippen molar-refractivity contribution in [2.24, 2.45) is 0 Å². The molecule has 148 valence electrons. The Labute approximate surface area is 163 Å². The van der Waals surface area contributed by atoms with Crippen molar-refractivity contribution in [3.63, 3.8) is 0 Å². The topological polar surface area (TPSA) is 98.5 Å². The molecule has 0 radical (unpaired) electrons. The lowest BCUT2D eigenvalue weighted by molar-refractivity contribution is -0.384. The number of benzene rings is 2. The van der Waals surface area contributed by atoms with E-state index in [-0.39, 0.29) is 31.0 Å². The van der Waals surface area contributed by atoms with Gasteiger partial charge in [-0.05, 0) is 56.0 Å². The molecule has 0 aliphatic heterocycles. The highest BCUT2D eigenvalue weighted by Gasteiger charge is 2.16. The second-order valence-electron chi connectivity index (χ2n) is 6.66. The van der Waals surface area contributed by atoms with Crippen molar-refractivity contribution in [1.82, 2.24) is 0 Å². The maximum atomic E-state index is 12.1. The normalized spacial score (nSPS) is 10.4. The molecule has 0 atom stereocenters. The monoisotopic (exact) mass is 384 g/mol. The summed E-state index contributed by atoms with van der Waals surface area (Å²) < 4.78 is 5.36. The minimum Gasteiger partial charge on any atom is -0.461 e. The number of rotatable bonds is 8. The van der Waals surface area contributed by atoms with E-state index in [9.17, 15) is 19.7 Å². The molecule has 2 rings (SSSR count). The Balaban J connectivity index is 1.96. The first kappa shape index (κ1) is 21.1. The minimum atomic E-state index is -0.476. The molecule has 0 spiro atoms. The Morgan fingerprint density at radius 3 is 2.46 bits per heavy atom. The second kappa shape index (κ2) is 9.12. The number of nitrogens with one attached hydrogen (secondary N) is 1. The molecular formula is C21H24N2O5. The van der Waals surface area contributed by atoms with Gasteiger partial charge in [-0.2, -0.15) is 0 Å².